The van der Waals surface area contributed by atoms with E-state index >= 15 is 0 Å². The summed E-state index contributed by atoms with van der Waals surface area (Å²) >= 11 is 7.56. The third kappa shape index (κ3) is 4.99. The second-order valence-electron chi connectivity index (χ2n) is 5.29. The summed E-state index contributed by atoms with van der Waals surface area (Å²) in [6.45, 7) is 1.29. The Morgan fingerprint density at radius 2 is 1.42 bits per heavy atom. The van der Waals surface area contributed by atoms with Gasteiger partial charge in [0.1, 0.15) is 0 Å². The van der Waals surface area contributed by atoms with E-state index in [1.54, 1.807) is 11.8 Å². The van der Waals surface area contributed by atoms with Crippen molar-refractivity contribution in [2.45, 2.75) is 22.0 Å². The molecule has 0 amide bonds. The van der Waals surface area contributed by atoms with Crippen LogP contribution in [0.5, 0.6) is 0 Å². The predicted octanol–water partition coefficient (Wildman–Crippen LogP) is 5.75. The molecule has 1 aliphatic rings. The first kappa shape index (κ1) is 17.3. The van der Waals surface area contributed by atoms with Crippen LogP contribution in [0.2, 0.25) is 0 Å². The Balaban J connectivity index is 1.87. The van der Waals surface area contributed by atoms with Crippen LogP contribution in [0.15, 0.2) is 82.6 Å². The molecule has 124 valence electrons. The summed E-state index contributed by atoms with van der Waals surface area (Å²) in [4.78, 5) is 2.32. The van der Waals surface area contributed by atoms with Crippen LogP contribution in [0.3, 0.4) is 0 Å². The SMILES string of the molecule is ClCc1ccc(Sc2ccccccc(C3OCCO3)cc2)cc1. The fourth-order valence-electron chi connectivity index (χ4n) is 2.29. The Hall–Kier alpha value is -1.52. The molecule has 1 heterocycles. The maximum atomic E-state index is 5.85. The highest BCUT2D eigenvalue weighted by Crippen LogP contribution is 2.28. The molecule has 0 bridgehead atoms. The van der Waals surface area contributed by atoms with Crippen molar-refractivity contribution in [2.75, 3.05) is 13.2 Å². The van der Waals surface area contributed by atoms with Gasteiger partial charge in [-0.05, 0) is 29.8 Å². The Kier molecular flexibility index (Phi) is 6.56. The number of rotatable bonds is 4. The molecule has 0 saturated carbocycles. The van der Waals surface area contributed by atoms with E-state index in [9.17, 15) is 0 Å². The van der Waals surface area contributed by atoms with Crippen LogP contribution in [0, 0.1) is 0 Å². The molecule has 0 N–H and O–H groups in total. The van der Waals surface area contributed by atoms with Gasteiger partial charge < -0.3 is 9.47 Å². The third-order valence-electron chi connectivity index (χ3n) is 3.53. The molecule has 24 heavy (non-hydrogen) atoms. The topological polar surface area (TPSA) is 18.5 Å². The van der Waals surface area contributed by atoms with Gasteiger partial charge in [0.25, 0.3) is 0 Å². The highest BCUT2D eigenvalue weighted by atomic mass is 35.5. The lowest BCUT2D eigenvalue weighted by Gasteiger charge is -2.07. The van der Waals surface area contributed by atoms with Crippen LogP contribution in [-0.2, 0) is 15.4 Å². The first-order valence-corrected chi connectivity index (χ1v) is 9.19. The molecule has 0 unspecified atom stereocenters. The molecule has 1 fully saturated rings. The van der Waals surface area contributed by atoms with E-state index in [1.807, 2.05) is 30.3 Å². The van der Waals surface area contributed by atoms with Gasteiger partial charge in [-0.15, -0.1) is 11.6 Å². The van der Waals surface area contributed by atoms with Crippen molar-refractivity contribution in [3.8, 4) is 0 Å². The molecule has 3 rings (SSSR count). The molecule has 0 aliphatic carbocycles. The number of alkyl halides is 1. The summed E-state index contributed by atoms with van der Waals surface area (Å²) in [5, 5.41) is 0. The van der Waals surface area contributed by atoms with E-state index in [-0.39, 0.29) is 6.29 Å². The summed E-state index contributed by atoms with van der Waals surface area (Å²) in [5.74, 6) is 0.540. The third-order valence-corrected chi connectivity index (χ3v) is 4.85. The van der Waals surface area contributed by atoms with Crippen molar-refractivity contribution in [1.29, 1.82) is 0 Å². The van der Waals surface area contributed by atoms with Crippen LogP contribution < -0.4 is 0 Å². The lowest BCUT2D eigenvalue weighted by Crippen LogP contribution is -1.96. The fraction of sp³-hybridized carbons (Fsp3) is 0.200. The van der Waals surface area contributed by atoms with Gasteiger partial charge >= 0.3 is 0 Å². The predicted molar refractivity (Wildman–Crippen MR) is 98.8 cm³/mol. The molecule has 0 spiro atoms. The highest BCUT2D eigenvalue weighted by molar-refractivity contribution is 7.99. The minimum Gasteiger partial charge on any atom is -0.346 e. The van der Waals surface area contributed by atoms with Crippen molar-refractivity contribution >= 4 is 23.4 Å². The van der Waals surface area contributed by atoms with Gasteiger partial charge in [-0.2, -0.15) is 0 Å². The number of halogens is 1. The standard InChI is InChI=1S/C20H19ClO2S/c21-15-16-7-10-19(11-8-16)24-18-6-4-2-1-3-5-17(9-12-18)20-22-13-14-23-20/h1-12,20H,13-15H2. The van der Waals surface area contributed by atoms with Gasteiger partial charge in [0, 0.05) is 21.2 Å². The molecular weight excluding hydrogens is 340 g/mol. The van der Waals surface area contributed by atoms with Gasteiger partial charge in [-0.25, -0.2) is 0 Å². The Morgan fingerprint density at radius 1 is 0.792 bits per heavy atom. The Labute approximate surface area is 152 Å². The van der Waals surface area contributed by atoms with Crippen molar-refractivity contribution in [1.82, 2.24) is 0 Å². The van der Waals surface area contributed by atoms with E-state index in [0.717, 1.165) is 16.0 Å². The number of hydrogen-bond acceptors (Lipinski definition) is 3. The zero-order valence-electron chi connectivity index (χ0n) is 13.2. The van der Waals surface area contributed by atoms with E-state index in [4.69, 9.17) is 21.1 Å². The second kappa shape index (κ2) is 9.09. The molecule has 4 heteroatoms. The largest absolute Gasteiger partial charge is 0.346 e. The van der Waals surface area contributed by atoms with Crippen molar-refractivity contribution in [2.24, 2.45) is 0 Å². The summed E-state index contributed by atoms with van der Waals surface area (Å²) in [5.41, 5.74) is 2.14. The first-order valence-electron chi connectivity index (χ1n) is 7.84. The smallest absolute Gasteiger partial charge is 0.184 e. The van der Waals surface area contributed by atoms with Crippen LogP contribution in [-0.4, -0.2) is 13.2 Å². The summed E-state index contributed by atoms with van der Waals surface area (Å²) in [6.07, 6.45) is -0.274. The summed E-state index contributed by atoms with van der Waals surface area (Å²) in [6, 6.07) is 24.7. The quantitative estimate of drug-likeness (QED) is 0.648. The number of ether oxygens (including phenoxy) is 2. The van der Waals surface area contributed by atoms with Crippen LogP contribution in [0.1, 0.15) is 17.4 Å². The highest BCUT2D eigenvalue weighted by Gasteiger charge is 2.16. The summed E-state index contributed by atoms with van der Waals surface area (Å²) in [7, 11) is 0. The van der Waals surface area contributed by atoms with Gasteiger partial charge in [-0.3, -0.25) is 0 Å². The normalized spacial score (nSPS) is 14.4. The van der Waals surface area contributed by atoms with Gasteiger partial charge in [0.15, 0.2) is 6.29 Å². The van der Waals surface area contributed by atoms with Gasteiger partial charge in [0.2, 0.25) is 0 Å². The maximum absolute atomic E-state index is 5.85. The lowest BCUT2D eigenvalue weighted by molar-refractivity contribution is -0.0440. The molecular formula is C20H19ClO2S. The molecule has 1 saturated heterocycles. The molecule has 0 radical (unpaired) electrons. The van der Waals surface area contributed by atoms with Crippen LogP contribution in [0.4, 0.5) is 0 Å². The van der Waals surface area contributed by atoms with Crippen molar-refractivity contribution in [3.63, 3.8) is 0 Å². The first-order chi connectivity index (χ1) is 11.8. The van der Waals surface area contributed by atoms with Gasteiger partial charge in [0.05, 0.1) is 13.2 Å². The van der Waals surface area contributed by atoms with Crippen LogP contribution >= 0.6 is 23.4 Å². The minimum absolute atomic E-state index is 0.274. The average Bonchev–Trinajstić information content (AvgIpc) is 3.15. The fourth-order valence-corrected chi connectivity index (χ4v) is 3.30. The monoisotopic (exact) mass is 358 g/mol. The number of hydrogen-bond donors (Lipinski definition) is 0. The molecule has 0 aromatic heterocycles. The Bertz CT molecular complexity index is 711. The molecule has 2 aromatic rings. The number of benzene rings is 1. The second-order valence-corrected chi connectivity index (χ2v) is 6.71. The molecule has 0 atom stereocenters. The van der Waals surface area contributed by atoms with E-state index in [2.05, 4.69) is 42.5 Å². The van der Waals surface area contributed by atoms with E-state index in [0.29, 0.717) is 19.1 Å². The zero-order chi connectivity index (χ0) is 16.6. The van der Waals surface area contributed by atoms with E-state index in [1.165, 1.54) is 4.90 Å². The van der Waals surface area contributed by atoms with E-state index < -0.39 is 0 Å². The summed E-state index contributed by atoms with van der Waals surface area (Å²) < 4.78 is 11.2. The molecule has 2 aromatic carbocycles. The van der Waals surface area contributed by atoms with Crippen LogP contribution in [0.25, 0.3) is 0 Å². The Morgan fingerprint density at radius 3 is 2.12 bits per heavy atom. The minimum atomic E-state index is -0.274. The molecule has 1 aliphatic heterocycles. The molecule has 2 nitrogen and oxygen atoms in total. The lowest BCUT2D eigenvalue weighted by atomic mass is 10.2. The zero-order valence-corrected chi connectivity index (χ0v) is 14.8. The maximum Gasteiger partial charge on any atom is 0.184 e. The van der Waals surface area contributed by atoms with Crippen molar-refractivity contribution < 1.29 is 9.47 Å². The van der Waals surface area contributed by atoms with Gasteiger partial charge in [-0.1, -0.05) is 60.3 Å². The van der Waals surface area contributed by atoms with Crippen molar-refractivity contribution in [3.05, 3.63) is 83.9 Å². The average molecular weight is 359 g/mol.